The van der Waals surface area contributed by atoms with Gasteiger partial charge in [-0.25, -0.2) is 0 Å². The number of benzene rings is 1. The molecule has 0 N–H and O–H groups in total. The van der Waals surface area contributed by atoms with Crippen molar-refractivity contribution in [3.63, 3.8) is 0 Å². The zero-order chi connectivity index (χ0) is 14.9. The first-order chi connectivity index (χ1) is 10.8. The fraction of sp³-hybridized carbons (Fsp3) is 0.700. The molecule has 1 saturated carbocycles. The Kier molecular flexibility index (Phi) is 4.23. The van der Waals surface area contributed by atoms with Gasteiger partial charge in [0.05, 0.1) is 0 Å². The third-order valence-electron chi connectivity index (χ3n) is 6.36. The molecule has 3 unspecified atom stereocenters. The second kappa shape index (κ2) is 6.33. The van der Waals surface area contributed by atoms with Crippen molar-refractivity contribution in [3.8, 4) is 0 Å². The molecule has 3 aliphatic rings. The predicted molar refractivity (Wildman–Crippen MR) is 92.3 cm³/mol. The first-order valence-electron chi connectivity index (χ1n) is 9.29. The van der Waals surface area contributed by atoms with Gasteiger partial charge in [-0.15, -0.1) is 0 Å². The third kappa shape index (κ3) is 2.96. The molecule has 0 radical (unpaired) electrons. The smallest absolute Gasteiger partial charge is 0.00218 e. The van der Waals surface area contributed by atoms with Gasteiger partial charge in [0.1, 0.15) is 0 Å². The van der Waals surface area contributed by atoms with E-state index in [0.717, 1.165) is 17.8 Å². The van der Waals surface area contributed by atoms with Crippen LogP contribution in [-0.2, 0) is 6.42 Å². The highest BCUT2D eigenvalue weighted by atomic mass is 15.1. The van der Waals surface area contributed by atoms with Crippen molar-refractivity contribution in [2.75, 3.05) is 39.8 Å². The van der Waals surface area contributed by atoms with Crippen LogP contribution in [0.4, 0.5) is 0 Å². The lowest BCUT2D eigenvalue weighted by atomic mass is 9.86. The lowest BCUT2D eigenvalue weighted by Crippen LogP contribution is -2.21. The summed E-state index contributed by atoms with van der Waals surface area (Å²) in [5.74, 6) is 2.70. The van der Waals surface area contributed by atoms with Gasteiger partial charge >= 0.3 is 0 Å². The Morgan fingerprint density at radius 2 is 1.77 bits per heavy atom. The van der Waals surface area contributed by atoms with Gasteiger partial charge in [-0.2, -0.15) is 0 Å². The van der Waals surface area contributed by atoms with Crippen LogP contribution in [0.1, 0.15) is 42.7 Å². The molecule has 1 aromatic rings. The third-order valence-corrected chi connectivity index (χ3v) is 6.36. The van der Waals surface area contributed by atoms with E-state index in [1.165, 1.54) is 70.4 Å². The number of rotatable bonds is 4. The Morgan fingerprint density at radius 3 is 2.55 bits per heavy atom. The van der Waals surface area contributed by atoms with Crippen molar-refractivity contribution in [1.29, 1.82) is 0 Å². The van der Waals surface area contributed by atoms with Crippen LogP contribution in [0, 0.1) is 11.8 Å². The van der Waals surface area contributed by atoms with E-state index >= 15 is 0 Å². The number of likely N-dealkylation sites (tertiary alicyclic amines) is 2. The lowest BCUT2D eigenvalue weighted by Gasteiger charge is -2.20. The second-order valence-electron chi connectivity index (χ2n) is 7.87. The minimum Gasteiger partial charge on any atom is -0.306 e. The summed E-state index contributed by atoms with van der Waals surface area (Å²) in [6, 6.07) is 9.67. The summed E-state index contributed by atoms with van der Waals surface area (Å²) in [6.45, 7) is 6.52. The SMILES string of the molecule is CN1CC2CCC(c3ccc(CCN4CCCC4)cc3)C2C1. The number of hydrogen-bond donors (Lipinski definition) is 0. The molecule has 2 aliphatic heterocycles. The van der Waals surface area contributed by atoms with E-state index in [9.17, 15) is 0 Å². The molecule has 2 heteroatoms. The molecule has 3 fully saturated rings. The highest BCUT2D eigenvalue weighted by Gasteiger charge is 2.41. The zero-order valence-electron chi connectivity index (χ0n) is 14.0. The topological polar surface area (TPSA) is 6.48 Å². The van der Waals surface area contributed by atoms with Gasteiger partial charge in [0.25, 0.3) is 0 Å². The zero-order valence-corrected chi connectivity index (χ0v) is 14.0. The molecule has 0 bridgehead atoms. The van der Waals surface area contributed by atoms with Gasteiger partial charge < -0.3 is 9.80 Å². The maximum atomic E-state index is 2.61. The fourth-order valence-electron chi connectivity index (χ4n) is 5.13. The quantitative estimate of drug-likeness (QED) is 0.841. The Hall–Kier alpha value is -0.860. The van der Waals surface area contributed by atoms with Gasteiger partial charge in [-0.1, -0.05) is 24.3 Å². The van der Waals surface area contributed by atoms with Gasteiger partial charge in [-0.05, 0) is 81.1 Å². The van der Waals surface area contributed by atoms with Crippen molar-refractivity contribution < 1.29 is 0 Å². The Balaban J connectivity index is 1.37. The van der Waals surface area contributed by atoms with Gasteiger partial charge in [0, 0.05) is 19.6 Å². The molecule has 0 amide bonds. The van der Waals surface area contributed by atoms with Crippen LogP contribution in [-0.4, -0.2) is 49.6 Å². The van der Waals surface area contributed by atoms with E-state index in [-0.39, 0.29) is 0 Å². The number of hydrogen-bond acceptors (Lipinski definition) is 2. The van der Waals surface area contributed by atoms with Crippen LogP contribution in [0.5, 0.6) is 0 Å². The molecular formula is C20H30N2. The summed E-state index contributed by atoms with van der Waals surface area (Å²) < 4.78 is 0. The molecule has 4 rings (SSSR count). The van der Waals surface area contributed by atoms with E-state index in [1.54, 1.807) is 5.56 Å². The Labute approximate surface area is 135 Å². The summed E-state index contributed by atoms with van der Waals surface area (Å²) in [7, 11) is 2.29. The van der Waals surface area contributed by atoms with Gasteiger partial charge in [-0.3, -0.25) is 0 Å². The minimum atomic E-state index is 0.822. The van der Waals surface area contributed by atoms with Gasteiger partial charge in [0.2, 0.25) is 0 Å². The number of nitrogens with zero attached hydrogens (tertiary/aromatic N) is 2. The molecule has 22 heavy (non-hydrogen) atoms. The van der Waals surface area contributed by atoms with Crippen molar-refractivity contribution in [3.05, 3.63) is 35.4 Å². The highest BCUT2D eigenvalue weighted by molar-refractivity contribution is 5.28. The van der Waals surface area contributed by atoms with E-state index < -0.39 is 0 Å². The van der Waals surface area contributed by atoms with Crippen LogP contribution >= 0.6 is 0 Å². The molecule has 120 valence electrons. The fourth-order valence-corrected chi connectivity index (χ4v) is 5.13. The van der Waals surface area contributed by atoms with Crippen LogP contribution in [0.2, 0.25) is 0 Å². The summed E-state index contributed by atoms with van der Waals surface area (Å²) in [5.41, 5.74) is 3.13. The van der Waals surface area contributed by atoms with Crippen LogP contribution in [0.15, 0.2) is 24.3 Å². The lowest BCUT2D eigenvalue weighted by molar-refractivity contribution is 0.343. The highest BCUT2D eigenvalue weighted by Crippen LogP contribution is 2.47. The van der Waals surface area contributed by atoms with E-state index in [0.29, 0.717) is 0 Å². The van der Waals surface area contributed by atoms with Crippen molar-refractivity contribution in [2.24, 2.45) is 11.8 Å². The van der Waals surface area contributed by atoms with Crippen molar-refractivity contribution in [1.82, 2.24) is 9.80 Å². The normalized spacial score (nSPS) is 32.7. The van der Waals surface area contributed by atoms with E-state index in [2.05, 4.69) is 41.1 Å². The molecule has 2 heterocycles. The average molecular weight is 298 g/mol. The number of fused-ring (bicyclic) bond motifs is 1. The largest absolute Gasteiger partial charge is 0.306 e. The van der Waals surface area contributed by atoms with Crippen molar-refractivity contribution in [2.45, 2.75) is 38.0 Å². The molecule has 3 atom stereocenters. The standard InChI is InChI=1S/C20H30N2/c1-21-14-18-8-9-19(20(18)15-21)17-6-4-16(5-7-17)10-13-22-11-2-3-12-22/h4-7,18-20H,2-3,8-15H2,1H3. The first kappa shape index (κ1) is 14.7. The van der Waals surface area contributed by atoms with Crippen LogP contribution < -0.4 is 0 Å². The Bertz CT molecular complexity index is 489. The molecule has 0 spiro atoms. The molecular weight excluding hydrogens is 268 g/mol. The molecule has 1 aromatic carbocycles. The van der Waals surface area contributed by atoms with Gasteiger partial charge in [0.15, 0.2) is 0 Å². The van der Waals surface area contributed by atoms with Crippen LogP contribution in [0.3, 0.4) is 0 Å². The first-order valence-corrected chi connectivity index (χ1v) is 9.29. The van der Waals surface area contributed by atoms with E-state index in [4.69, 9.17) is 0 Å². The summed E-state index contributed by atoms with van der Waals surface area (Å²) in [6.07, 6.45) is 6.88. The molecule has 2 nitrogen and oxygen atoms in total. The second-order valence-corrected chi connectivity index (χ2v) is 7.87. The monoisotopic (exact) mass is 298 g/mol. The molecule has 1 aliphatic carbocycles. The average Bonchev–Trinajstić information content (AvgIpc) is 3.22. The summed E-state index contributed by atoms with van der Waals surface area (Å²) in [4.78, 5) is 5.15. The Morgan fingerprint density at radius 1 is 1.00 bits per heavy atom. The molecule has 0 aromatic heterocycles. The molecule has 2 saturated heterocycles. The minimum absolute atomic E-state index is 0.822. The van der Waals surface area contributed by atoms with E-state index in [1.807, 2.05) is 0 Å². The van der Waals surface area contributed by atoms with Crippen LogP contribution in [0.25, 0.3) is 0 Å². The summed E-state index contributed by atoms with van der Waals surface area (Å²) in [5, 5.41) is 0. The maximum Gasteiger partial charge on any atom is 0.00218 e. The predicted octanol–water partition coefficient (Wildman–Crippen LogP) is 3.38. The maximum absolute atomic E-state index is 2.61. The summed E-state index contributed by atoms with van der Waals surface area (Å²) >= 11 is 0. The van der Waals surface area contributed by atoms with Crippen molar-refractivity contribution >= 4 is 0 Å².